The highest BCUT2D eigenvalue weighted by Crippen LogP contribution is 2.24. The van der Waals surface area contributed by atoms with Gasteiger partial charge in [0, 0.05) is 19.8 Å². The number of hydrogen-bond acceptors (Lipinski definition) is 2. The minimum Gasteiger partial charge on any atom is -0.384 e. The largest absolute Gasteiger partial charge is 0.384 e. The van der Waals surface area contributed by atoms with Gasteiger partial charge in [-0.2, -0.15) is 0 Å². The molecule has 0 bridgehead atoms. The third-order valence-electron chi connectivity index (χ3n) is 2.91. The summed E-state index contributed by atoms with van der Waals surface area (Å²) in [5.41, 5.74) is 2.56. The van der Waals surface area contributed by atoms with Gasteiger partial charge in [-0.3, -0.25) is 0 Å². The Kier molecular flexibility index (Phi) is 3.63. The Labute approximate surface area is 106 Å². The molecule has 1 N–H and O–H groups in total. The third-order valence-corrected chi connectivity index (χ3v) is 2.91. The highest BCUT2D eigenvalue weighted by molar-refractivity contribution is 5.47. The molecule has 18 heavy (non-hydrogen) atoms. The molecule has 0 aromatic heterocycles. The summed E-state index contributed by atoms with van der Waals surface area (Å²) in [6, 6.07) is 13.6. The maximum atomic E-state index is 12.8. The van der Waals surface area contributed by atoms with E-state index < -0.39 is 6.10 Å². The molecule has 0 heterocycles. The van der Waals surface area contributed by atoms with E-state index in [1.807, 2.05) is 43.3 Å². The van der Waals surface area contributed by atoms with Crippen molar-refractivity contribution in [3.05, 3.63) is 65.5 Å². The van der Waals surface area contributed by atoms with Crippen LogP contribution in [0.15, 0.2) is 48.5 Å². The second-order valence-electron chi connectivity index (χ2n) is 4.44. The maximum Gasteiger partial charge on any atom is 0.123 e. The van der Waals surface area contributed by atoms with Crippen LogP contribution in [-0.4, -0.2) is 19.2 Å². The molecule has 0 aliphatic rings. The summed E-state index contributed by atoms with van der Waals surface area (Å²) < 4.78 is 12.8. The molecule has 0 saturated carbocycles. The van der Waals surface area contributed by atoms with Crippen LogP contribution in [0.5, 0.6) is 0 Å². The minimum absolute atomic E-state index is 0.297. The van der Waals surface area contributed by atoms with Gasteiger partial charge in [0.05, 0.1) is 0 Å². The van der Waals surface area contributed by atoms with Crippen molar-refractivity contribution in [2.45, 2.75) is 6.10 Å². The van der Waals surface area contributed by atoms with Gasteiger partial charge in [-0.15, -0.1) is 0 Å². The lowest BCUT2D eigenvalue weighted by molar-refractivity contribution is 0.220. The fourth-order valence-corrected chi connectivity index (χ4v) is 1.79. The lowest BCUT2D eigenvalue weighted by Gasteiger charge is -2.15. The Balaban J connectivity index is 2.23. The van der Waals surface area contributed by atoms with Crippen molar-refractivity contribution >= 4 is 5.69 Å². The zero-order valence-corrected chi connectivity index (χ0v) is 10.5. The Morgan fingerprint density at radius 2 is 1.33 bits per heavy atom. The quantitative estimate of drug-likeness (QED) is 0.898. The van der Waals surface area contributed by atoms with E-state index in [-0.39, 0.29) is 5.82 Å². The second kappa shape index (κ2) is 5.19. The van der Waals surface area contributed by atoms with E-state index in [1.165, 1.54) is 12.1 Å². The highest BCUT2D eigenvalue weighted by atomic mass is 19.1. The van der Waals surface area contributed by atoms with Crippen LogP contribution in [0.3, 0.4) is 0 Å². The summed E-state index contributed by atoms with van der Waals surface area (Å²) in [6.07, 6.45) is -0.721. The van der Waals surface area contributed by atoms with Crippen molar-refractivity contribution in [2.75, 3.05) is 19.0 Å². The molecule has 0 aliphatic carbocycles. The average molecular weight is 245 g/mol. The van der Waals surface area contributed by atoms with Crippen molar-refractivity contribution < 1.29 is 9.50 Å². The fraction of sp³-hybridized carbons (Fsp3) is 0.200. The van der Waals surface area contributed by atoms with Crippen LogP contribution in [0.4, 0.5) is 10.1 Å². The van der Waals surface area contributed by atoms with Gasteiger partial charge in [0.1, 0.15) is 11.9 Å². The van der Waals surface area contributed by atoms with Gasteiger partial charge < -0.3 is 10.0 Å². The lowest BCUT2D eigenvalue weighted by Crippen LogP contribution is -2.08. The van der Waals surface area contributed by atoms with Crippen molar-refractivity contribution in [3.63, 3.8) is 0 Å². The predicted octanol–water partition coefficient (Wildman–Crippen LogP) is 2.97. The summed E-state index contributed by atoms with van der Waals surface area (Å²) in [5, 5.41) is 10.2. The van der Waals surface area contributed by atoms with Crippen LogP contribution in [-0.2, 0) is 0 Å². The molecular formula is C15H16FNO. The molecule has 0 spiro atoms. The first kappa shape index (κ1) is 12.6. The molecule has 0 amide bonds. The van der Waals surface area contributed by atoms with Crippen molar-refractivity contribution in [1.29, 1.82) is 0 Å². The van der Waals surface area contributed by atoms with Crippen molar-refractivity contribution in [1.82, 2.24) is 0 Å². The van der Waals surface area contributed by atoms with Gasteiger partial charge in [0.25, 0.3) is 0 Å². The van der Waals surface area contributed by atoms with E-state index in [2.05, 4.69) is 0 Å². The summed E-state index contributed by atoms with van der Waals surface area (Å²) in [4.78, 5) is 1.99. The number of hydrogen-bond donors (Lipinski definition) is 1. The highest BCUT2D eigenvalue weighted by Gasteiger charge is 2.10. The maximum absolute atomic E-state index is 12.8. The second-order valence-corrected chi connectivity index (χ2v) is 4.44. The van der Waals surface area contributed by atoms with Gasteiger partial charge in [-0.1, -0.05) is 24.3 Å². The molecule has 2 aromatic carbocycles. The number of aliphatic hydroxyl groups is 1. The van der Waals surface area contributed by atoms with E-state index in [1.54, 1.807) is 12.1 Å². The smallest absolute Gasteiger partial charge is 0.123 e. The number of nitrogens with zero attached hydrogens (tertiary/aromatic N) is 1. The van der Waals surface area contributed by atoms with Gasteiger partial charge in [0.2, 0.25) is 0 Å². The van der Waals surface area contributed by atoms with Gasteiger partial charge in [0.15, 0.2) is 0 Å². The summed E-state index contributed by atoms with van der Waals surface area (Å²) in [7, 11) is 3.93. The zero-order chi connectivity index (χ0) is 13.1. The fourth-order valence-electron chi connectivity index (χ4n) is 1.79. The van der Waals surface area contributed by atoms with Crippen molar-refractivity contribution in [3.8, 4) is 0 Å². The summed E-state index contributed by atoms with van der Waals surface area (Å²) in [5.74, 6) is -0.297. The Bertz CT molecular complexity index is 505. The van der Waals surface area contributed by atoms with E-state index >= 15 is 0 Å². The van der Waals surface area contributed by atoms with Crippen LogP contribution in [0.25, 0.3) is 0 Å². The first-order chi connectivity index (χ1) is 8.58. The van der Waals surface area contributed by atoms with Gasteiger partial charge >= 0.3 is 0 Å². The summed E-state index contributed by atoms with van der Waals surface area (Å²) in [6.45, 7) is 0. The van der Waals surface area contributed by atoms with E-state index in [9.17, 15) is 9.50 Å². The molecular weight excluding hydrogens is 229 g/mol. The average Bonchev–Trinajstić information content (AvgIpc) is 2.39. The number of aliphatic hydroxyl groups excluding tert-OH is 1. The van der Waals surface area contributed by atoms with E-state index in [4.69, 9.17) is 0 Å². The molecule has 2 aromatic rings. The Morgan fingerprint density at radius 3 is 1.78 bits per heavy atom. The first-order valence-electron chi connectivity index (χ1n) is 5.79. The first-order valence-corrected chi connectivity index (χ1v) is 5.79. The normalized spacial score (nSPS) is 12.2. The van der Waals surface area contributed by atoms with Gasteiger partial charge in [-0.05, 0) is 35.4 Å². The molecule has 1 atom stereocenters. The SMILES string of the molecule is CN(C)c1ccc([C@H](O)c2ccc(F)cc2)cc1. The van der Waals surface area contributed by atoms with Crippen molar-refractivity contribution in [2.24, 2.45) is 0 Å². The van der Waals surface area contributed by atoms with Crippen LogP contribution in [0.2, 0.25) is 0 Å². The molecule has 0 unspecified atom stereocenters. The lowest BCUT2D eigenvalue weighted by atomic mass is 10.0. The topological polar surface area (TPSA) is 23.5 Å². The number of anilines is 1. The van der Waals surface area contributed by atoms with E-state index in [0.717, 1.165) is 11.3 Å². The number of rotatable bonds is 3. The molecule has 0 fully saturated rings. The number of halogens is 1. The third kappa shape index (κ3) is 2.68. The molecule has 0 radical (unpaired) electrons. The molecule has 0 aliphatic heterocycles. The van der Waals surface area contributed by atoms with Gasteiger partial charge in [-0.25, -0.2) is 4.39 Å². The Hall–Kier alpha value is -1.87. The van der Waals surface area contributed by atoms with E-state index in [0.29, 0.717) is 5.56 Å². The zero-order valence-electron chi connectivity index (χ0n) is 10.5. The Morgan fingerprint density at radius 1 is 0.889 bits per heavy atom. The molecule has 0 saturated heterocycles. The van der Waals surface area contributed by atoms with Crippen LogP contribution in [0, 0.1) is 5.82 Å². The van der Waals surface area contributed by atoms with Crippen LogP contribution < -0.4 is 4.90 Å². The molecule has 2 nitrogen and oxygen atoms in total. The standard InChI is InChI=1S/C15H16FNO/c1-17(2)14-9-5-12(6-10-14)15(18)11-3-7-13(16)8-4-11/h3-10,15,18H,1-2H3/t15-/m1/s1. The number of benzene rings is 2. The molecule has 2 rings (SSSR count). The monoisotopic (exact) mass is 245 g/mol. The predicted molar refractivity (Wildman–Crippen MR) is 71.2 cm³/mol. The molecule has 94 valence electrons. The van der Waals surface area contributed by atoms with Crippen LogP contribution in [0.1, 0.15) is 17.2 Å². The minimum atomic E-state index is -0.721. The van der Waals surface area contributed by atoms with Crippen LogP contribution >= 0.6 is 0 Å². The molecule has 3 heteroatoms. The summed E-state index contributed by atoms with van der Waals surface area (Å²) >= 11 is 0.